The van der Waals surface area contributed by atoms with Crippen LogP contribution in [-0.2, 0) is 22.2 Å². The van der Waals surface area contributed by atoms with Crippen LogP contribution in [0, 0.1) is 0 Å². The summed E-state index contributed by atoms with van der Waals surface area (Å²) >= 11 is 0. The molecule has 4 nitrogen and oxygen atoms in total. The van der Waals surface area contributed by atoms with Crippen molar-refractivity contribution >= 4 is 13.6 Å². The van der Waals surface area contributed by atoms with Gasteiger partial charge in [-0.1, -0.05) is 38.8 Å². The van der Waals surface area contributed by atoms with Gasteiger partial charge >= 0.3 is 7.60 Å². The smallest absolute Gasteiger partial charge is 0.419 e. The molecule has 100 valence electrons. The Balaban J connectivity index is 3.13. The van der Waals surface area contributed by atoms with Crippen molar-refractivity contribution in [3.05, 3.63) is 29.3 Å². The summed E-state index contributed by atoms with van der Waals surface area (Å²) in [5.41, 5.74) is 2.04. The Morgan fingerprint density at radius 3 is 2.50 bits per heavy atom. The molecule has 0 fully saturated rings. The van der Waals surface area contributed by atoms with Crippen LogP contribution in [0.1, 0.15) is 37.8 Å². The van der Waals surface area contributed by atoms with E-state index in [9.17, 15) is 14.3 Å². The van der Waals surface area contributed by atoms with E-state index in [1.807, 2.05) is 13.0 Å². The van der Waals surface area contributed by atoms with Gasteiger partial charge < -0.3 is 9.42 Å². The molecule has 1 aromatic carbocycles. The Hall–Kier alpha value is -1.12. The largest absolute Gasteiger partial charge is 0.440 e. The van der Waals surface area contributed by atoms with E-state index in [-0.39, 0.29) is 6.03 Å². The summed E-state index contributed by atoms with van der Waals surface area (Å²) in [4.78, 5) is 19.7. The molecule has 1 rings (SSSR count). The highest BCUT2D eigenvalue weighted by Gasteiger charge is 2.21. The van der Waals surface area contributed by atoms with E-state index in [1.165, 1.54) is 0 Å². The first-order chi connectivity index (χ1) is 8.54. The van der Waals surface area contributed by atoms with Gasteiger partial charge in [-0.25, -0.2) is 4.57 Å². The molecule has 0 heterocycles. The number of hydrogen-bond donors (Lipinski definition) is 1. The molecule has 0 bridgehead atoms. The normalized spacial score (nSPS) is 13.9. The summed E-state index contributed by atoms with van der Waals surface area (Å²) in [5, 5.41) is 0. The van der Waals surface area contributed by atoms with E-state index < -0.39 is 7.60 Å². The van der Waals surface area contributed by atoms with Gasteiger partial charge in [0.25, 0.3) is 0 Å². The second-order valence-corrected chi connectivity index (χ2v) is 5.68. The molecule has 0 spiro atoms. The van der Waals surface area contributed by atoms with E-state index in [2.05, 4.69) is 6.92 Å². The van der Waals surface area contributed by atoms with Gasteiger partial charge in [0.05, 0.1) is 0 Å². The van der Waals surface area contributed by atoms with Crippen LogP contribution in [0.3, 0.4) is 0 Å². The first-order valence-corrected chi connectivity index (χ1v) is 7.78. The monoisotopic (exact) mass is 270 g/mol. The molecule has 5 heteroatoms. The summed E-state index contributed by atoms with van der Waals surface area (Å²) in [7, 11) is -4.17. The summed E-state index contributed by atoms with van der Waals surface area (Å²) in [6, 6.07) is 5.38. The van der Waals surface area contributed by atoms with Crippen molar-refractivity contribution in [2.45, 2.75) is 39.5 Å². The van der Waals surface area contributed by atoms with Crippen molar-refractivity contribution in [2.75, 3.05) is 0 Å². The van der Waals surface area contributed by atoms with Crippen molar-refractivity contribution in [1.82, 2.24) is 0 Å². The molecule has 0 aliphatic heterocycles. The van der Waals surface area contributed by atoms with Crippen LogP contribution in [0.4, 0.5) is 0 Å². The van der Waals surface area contributed by atoms with E-state index in [4.69, 9.17) is 4.52 Å². The van der Waals surface area contributed by atoms with Crippen molar-refractivity contribution in [3.8, 4) is 5.75 Å². The lowest BCUT2D eigenvalue weighted by atomic mass is 9.99. The predicted octanol–water partition coefficient (Wildman–Crippen LogP) is 3.35. The highest BCUT2D eigenvalue weighted by molar-refractivity contribution is 7.68. The standard InChI is InChI=1S/C13H19O4P/c1-3-6-11-8-5-9-13(12(11)7-4-2)17-18(15,16)10-14/h5,8-10H,3-4,6-7H2,1-2H3,(H,15,16). The third kappa shape index (κ3) is 3.97. The molecule has 1 atom stereocenters. The predicted molar refractivity (Wildman–Crippen MR) is 71.6 cm³/mol. The van der Waals surface area contributed by atoms with E-state index in [0.29, 0.717) is 5.75 Å². The fourth-order valence-electron chi connectivity index (χ4n) is 1.90. The Kier molecular flexibility index (Phi) is 5.57. The summed E-state index contributed by atoms with van der Waals surface area (Å²) in [5.74, 6) is 0.348. The van der Waals surface area contributed by atoms with Crippen molar-refractivity contribution < 1.29 is 18.8 Å². The number of carbonyl (C=O) groups excluding carboxylic acids is 1. The Morgan fingerprint density at radius 1 is 1.28 bits per heavy atom. The van der Waals surface area contributed by atoms with Gasteiger partial charge in [0, 0.05) is 0 Å². The number of benzene rings is 1. The zero-order chi connectivity index (χ0) is 13.6. The molecule has 0 aromatic heterocycles. The van der Waals surface area contributed by atoms with Crippen LogP contribution in [0.25, 0.3) is 0 Å². The van der Waals surface area contributed by atoms with Crippen molar-refractivity contribution in [3.63, 3.8) is 0 Å². The summed E-state index contributed by atoms with van der Waals surface area (Å²) in [6.45, 7) is 4.11. The van der Waals surface area contributed by atoms with Gasteiger partial charge in [-0.3, -0.25) is 4.79 Å². The molecule has 18 heavy (non-hydrogen) atoms. The molecular formula is C13H19O4P. The van der Waals surface area contributed by atoms with Crippen molar-refractivity contribution in [1.29, 1.82) is 0 Å². The Bertz CT molecular complexity index is 456. The first kappa shape index (κ1) is 14.9. The van der Waals surface area contributed by atoms with Gasteiger partial charge in [-0.15, -0.1) is 0 Å². The highest BCUT2D eigenvalue weighted by atomic mass is 31.2. The second kappa shape index (κ2) is 6.72. The quantitative estimate of drug-likeness (QED) is 0.609. The van der Waals surface area contributed by atoms with Gasteiger partial charge in [-0.05, 0) is 30.0 Å². The molecule has 0 saturated carbocycles. The minimum Gasteiger partial charge on any atom is -0.419 e. The first-order valence-electron chi connectivity index (χ1n) is 6.13. The number of carbonyl (C=O) groups is 1. The lowest BCUT2D eigenvalue weighted by Crippen LogP contribution is -2.00. The van der Waals surface area contributed by atoms with Crippen LogP contribution in [0.15, 0.2) is 18.2 Å². The van der Waals surface area contributed by atoms with Crippen LogP contribution in [-0.4, -0.2) is 10.9 Å². The summed E-state index contributed by atoms with van der Waals surface area (Å²) < 4.78 is 16.3. The van der Waals surface area contributed by atoms with Crippen LogP contribution >= 0.6 is 7.60 Å². The maximum Gasteiger partial charge on any atom is 0.440 e. The summed E-state index contributed by atoms with van der Waals surface area (Å²) in [6.07, 6.45) is 3.56. The molecular weight excluding hydrogens is 251 g/mol. The second-order valence-electron chi connectivity index (χ2n) is 4.15. The third-order valence-electron chi connectivity index (χ3n) is 2.61. The van der Waals surface area contributed by atoms with Crippen molar-refractivity contribution in [2.24, 2.45) is 0 Å². The van der Waals surface area contributed by atoms with Crippen LogP contribution < -0.4 is 4.52 Å². The van der Waals surface area contributed by atoms with Gasteiger partial charge in [0.1, 0.15) is 5.75 Å². The minimum absolute atomic E-state index is 0.0325. The fraction of sp³-hybridized carbons (Fsp3) is 0.462. The fourth-order valence-corrected chi connectivity index (χ4v) is 2.39. The third-order valence-corrected chi connectivity index (χ3v) is 3.34. The van der Waals surface area contributed by atoms with Gasteiger partial charge in [-0.2, -0.15) is 0 Å². The van der Waals surface area contributed by atoms with E-state index >= 15 is 0 Å². The minimum atomic E-state index is -4.17. The van der Waals surface area contributed by atoms with Gasteiger partial charge in [0.2, 0.25) is 6.03 Å². The van der Waals surface area contributed by atoms with E-state index in [1.54, 1.807) is 12.1 Å². The zero-order valence-corrected chi connectivity index (χ0v) is 11.7. The molecule has 0 aliphatic carbocycles. The number of hydrogen-bond acceptors (Lipinski definition) is 3. The average molecular weight is 270 g/mol. The molecule has 0 radical (unpaired) electrons. The highest BCUT2D eigenvalue weighted by Crippen LogP contribution is 2.41. The number of aryl methyl sites for hydroxylation is 1. The molecule has 1 aromatic rings. The molecule has 0 aliphatic rings. The Morgan fingerprint density at radius 2 is 1.94 bits per heavy atom. The molecule has 0 amide bonds. The molecule has 0 saturated heterocycles. The SMILES string of the molecule is CCCc1cccc(OP(=O)(O)C=O)c1CCC. The van der Waals surface area contributed by atoms with E-state index in [0.717, 1.165) is 36.8 Å². The van der Waals surface area contributed by atoms with Gasteiger partial charge in [0.15, 0.2) is 0 Å². The van der Waals surface area contributed by atoms with Crippen LogP contribution in [0.2, 0.25) is 0 Å². The topological polar surface area (TPSA) is 63.6 Å². The lowest BCUT2D eigenvalue weighted by molar-refractivity contribution is 0.389. The molecule has 1 N–H and O–H groups in total. The van der Waals surface area contributed by atoms with Crippen LogP contribution in [0.5, 0.6) is 5.75 Å². The molecule has 1 unspecified atom stereocenters. The Labute approximate surface area is 108 Å². The zero-order valence-electron chi connectivity index (χ0n) is 10.8. The maximum atomic E-state index is 11.3. The maximum absolute atomic E-state index is 11.3. The number of rotatable bonds is 7. The average Bonchev–Trinajstić information content (AvgIpc) is 2.33. The lowest BCUT2D eigenvalue weighted by Gasteiger charge is -2.15.